The van der Waals surface area contributed by atoms with Gasteiger partial charge in [-0.05, 0) is 18.3 Å². The summed E-state index contributed by atoms with van der Waals surface area (Å²) in [6.07, 6.45) is 3.48. The van der Waals surface area contributed by atoms with Crippen LogP contribution in [0.25, 0.3) is 0 Å². The summed E-state index contributed by atoms with van der Waals surface area (Å²) in [5.41, 5.74) is 5.59. The molecule has 14 heavy (non-hydrogen) atoms. The van der Waals surface area contributed by atoms with E-state index in [2.05, 4.69) is 13.8 Å². The van der Waals surface area contributed by atoms with Crippen LogP contribution in [0.1, 0.15) is 33.1 Å². The Morgan fingerprint density at radius 2 is 1.93 bits per heavy atom. The van der Waals surface area contributed by atoms with Gasteiger partial charge in [0, 0.05) is 19.4 Å². The summed E-state index contributed by atoms with van der Waals surface area (Å²) < 4.78 is 11.8. The normalized spacial score (nSPS) is 48.6. The molecule has 82 valence electrons. The fourth-order valence-electron chi connectivity index (χ4n) is 2.95. The van der Waals surface area contributed by atoms with Crippen LogP contribution in [0.2, 0.25) is 0 Å². The first-order valence-corrected chi connectivity index (χ1v) is 5.65. The maximum Gasteiger partial charge on any atom is 0.169 e. The van der Waals surface area contributed by atoms with Gasteiger partial charge >= 0.3 is 0 Å². The van der Waals surface area contributed by atoms with Gasteiger partial charge in [-0.2, -0.15) is 0 Å². The molecular weight excluding hydrogens is 178 g/mol. The molecule has 0 radical (unpaired) electrons. The predicted octanol–water partition coefficient (Wildman–Crippen LogP) is 1.51. The molecule has 2 fully saturated rings. The van der Waals surface area contributed by atoms with E-state index >= 15 is 0 Å². The van der Waals surface area contributed by atoms with Crippen molar-refractivity contribution in [3.05, 3.63) is 0 Å². The lowest BCUT2D eigenvalue weighted by atomic mass is 9.79. The van der Waals surface area contributed by atoms with E-state index in [1.807, 2.05) is 0 Å². The average Bonchev–Trinajstić information content (AvgIpc) is 2.46. The molecule has 0 aromatic rings. The minimum atomic E-state index is -0.291. The third kappa shape index (κ3) is 1.95. The van der Waals surface area contributed by atoms with Crippen LogP contribution in [0, 0.1) is 11.8 Å². The molecule has 2 rings (SSSR count). The SMILES string of the molecule is CC1CC(C)CC2(C1)OCC(CN)O2. The molecule has 3 atom stereocenters. The van der Waals surface area contributed by atoms with Crippen LogP contribution in [0.5, 0.6) is 0 Å². The molecule has 1 saturated heterocycles. The predicted molar refractivity (Wildman–Crippen MR) is 54.8 cm³/mol. The molecule has 3 heteroatoms. The van der Waals surface area contributed by atoms with Gasteiger partial charge in [-0.1, -0.05) is 13.8 Å². The first-order chi connectivity index (χ1) is 6.63. The monoisotopic (exact) mass is 199 g/mol. The summed E-state index contributed by atoms with van der Waals surface area (Å²) in [5.74, 6) is 1.12. The molecule has 1 aliphatic heterocycles. The van der Waals surface area contributed by atoms with Crippen LogP contribution in [-0.4, -0.2) is 25.0 Å². The fourth-order valence-corrected chi connectivity index (χ4v) is 2.95. The highest BCUT2D eigenvalue weighted by molar-refractivity contribution is 4.87. The zero-order valence-corrected chi connectivity index (χ0v) is 9.16. The van der Waals surface area contributed by atoms with Gasteiger partial charge in [0.15, 0.2) is 5.79 Å². The van der Waals surface area contributed by atoms with Gasteiger partial charge in [-0.15, -0.1) is 0 Å². The van der Waals surface area contributed by atoms with Crippen LogP contribution >= 0.6 is 0 Å². The van der Waals surface area contributed by atoms with Gasteiger partial charge < -0.3 is 15.2 Å². The molecule has 0 aromatic heterocycles. The fraction of sp³-hybridized carbons (Fsp3) is 1.00. The number of ether oxygens (including phenoxy) is 2. The molecule has 1 saturated carbocycles. The van der Waals surface area contributed by atoms with E-state index in [9.17, 15) is 0 Å². The molecular formula is C11H21NO2. The van der Waals surface area contributed by atoms with Crippen molar-refractivity contribution in [3.63, 3.8) is 0 Å². The van der Waals surface area contributed by atoms with Crippen LogP contribution in [0.15, 0.2) is 0 Å². The van der Waals surface area contributed by atoms with Gasteiger partial charge in [-0.3, -0.25) is 0 Å². The Bertz CT molecular complexity index is 197. The van der Waals surface area contributed by atoms with Crippen molar-refractivity contribution in [2.75, 3.05) is 13.2 Å². The molecule has 0 amide bonds. The van der Waals surface area contributed by atoms with E-state index in [-0.39, 0.29) is 11.9 Å². The number of nitrogens with two attached hydrogens (primary N) is 1. The first kappa shape index (κ1) is 10.4. The largest absolute Gasteiger partial charge is 0.347 e. The molecule has 2 N–H and O–H groups in total. The number of hydrogen-bond acceptors (Lipinski definition) is 3. The lowest BCUT2D eigenvalue weighted by Gasteiger charge is -2.38. The van der Waals surface area contributed by atoms with Crippen LogP contribution in [0.4, 0.5) is 0 Å². The van der Waals surface area contributed by atoms with E-state index in [1.54, 1.807) is 0 Å². The van der Waals surface area contributed by atoms with Gasteiger partial charge in [0.1, 0.15) is 0 Å². The molecule has 0 aromatic carbocycles. The second kappa shape index (κ2) is 3.80. The lowest BCUT2D eigenvalue weighted by molar-refractivity contribution is -0.203. The number of hydrogen-bond donors (Lipinski definition) is 1. The van der Waals surface area contributed by atoms with E-state index < -0.39 is 0 Å². The van der Waals surface area contributed by atoms with E-state index in [0.29, 0.717) is 25.0 Å². The quantitative estimate of drug-likeness (QED) is 0.696. The second-order valence-corrected chi connectivity index (χ2v) is 5.05. The van der Waals surface area contributed by atoms with Gasteiger partial charge in [-0.25, -0.2) is 0 Å². The molecule has 1 spiro atoms. The average molecular weight is 199 g/mol. The summed E-state index contributed by atoms with van der Waals surface area (Å²) in [4.78, 5) is 0. The van der Waals surface area contributed by atoms with Gasteiger partial charge in [0.2, 0.25) is 0 Å². The van der Waals surface area contributed by atoms with Crippen molar-refractivity contribution in [2.24, 2.45) is 17.6 Å². The van der Waals surface area contributed by atoms with E-state index in [1.165, 1.54) is 6.42 Å². The standard InChI is InChI=1S/C11H21NO2/c1-8-3-9(2)5-11(4-8)13-7-10(6-12)14-11/h8-10H,3-7,12H2,1-2H3. The van der Waals surface area contributed by atoms with Crippen molar-refractivity contribution in [2.45, 2.75) is 45.0 Å². The molecule has 1 heterocycles. The van der Waals surface area contributed by atoms with E-state index in [4.69, 9.17) is 15.2 Å². The maximum atomic E-state index is 5.93. The van der Waals surface area contributed by atoms with Crippen molar-refractivity contribution >= 4 is 0 Å². The molecule has 3 nitrogen and oxygen atoms in total. The highest BCUT2D eigenvalue weighted by Gasteiger charge is 2.45. The Kier molecular flexibility index (Phi) is 2.82. The first-order valence-electron chi connectivity index (χ1n) is 5.65. The van der Waals surface area contributed by atoms with Gasteiger partial charge in [0.05, 0.1) is 12.7 Å². The lowest BCUT2D eigenvalue weighted by Crippen LogP contribution is -2.40. The molecule has 3 unspecified atom stereocenters. The molecule has 1 aliphatic carbocycles. The van der Waals surface area contributed by atoms with Crippen molar-refractivity contribution in [1.82, 2.24) is 0 Å². The van der Waals surface area contributed by atoms with Crippen LogP contribution in [0.3, 0.4) is 0 Å². The Hall–Kier alpha value is -0.120. The Morgan fingerprint density at radius 3 is 2.43 bits per heavy atom. The summed E-state index contributed by atoms with van der Waals surface area (Å²) in [5, 5.41) is 0. The topological polar surface area (TPSA) is 44.5 Å². The third-order valence-corrected chi connectivity index (χ3v) is 3.30. The highest BCUT2D eigenvalue weighted by atomic mass is 16.7. The summed E-state index contributed by atoms with van der Waals surface area (Å²) >= 11 is 0. The smallest absolute Gasteiger partial charge is 0.169 e. The Morgan fingerprint density at radius 1 is 1.29 bits per heavy atom. The maximum absolute atomic E-state index is 5.93. The highest BCUT2D eigenvalue weighted by Crippen LogP contribution is 2.42. The zero-order chi connectivity index (χ0) is 10.2. The molecule has 2 aliphatic rings. The minimum Gasteiger partial charge on any atom is -0.347 e. The van der Waals surface area contributed by atoms with Crippen molar-refractivity contribution < 1.29 is 9.47 Å². The summed E-state index contributed by atoms with van der Waals surface area (Å²) in [7, 11) is 0. The van der Waals surface area contributed by atoms with E-state index in [0.717, 1.165) is 12.8 Å². The van der Waals surface area contributed by atoms with Gasteiger partial charge in [0.25, 0.3) is 0 Å². The second-order valence-electron chi connectivity index (χ2n) is 5.05. The summed E-state index contributed by atoms with van der Waals surface area (Å²) in [6.45, 7) is 5.81. The number of rotatable bonds is 1. The van der Waals surface area contributed by atoms with Crippen LogP contribution < -0.4 is 5.73 Å². The zero-order valence-electron chi connectivity index (χ0n) is 9.16. The Labute approximate surface area is 85.9 Å². The summed E-state index contributed by atoms with van der Waals surface area (Å²) in [6, 6.07) is 0. The van der Waals surface area contributed by atoms with Crippen LogP contribution in [-0.2, 0) is 9.47 Å². The Balaban J connectivity index is 2.01. The van der Waals surface area contributed by atoms with Crippen molar-refractivity contribution in [3.8, 4) is 0 Å². The minimum absolute atomic E-state index is 0.118. The van der Waals surface area contributed by atoms with Crippen molar-refractivity contribution in [1.29, 1.82) is 0 Å². The molecule has 0 bridgehead atoms. The third-order valence-electron chi connectivity index (χ3n) is 3.30.